The minimum atomic E-state index is -4.94. The number of aromatic nitrogens is 4. The molecule has 88 heavy (non-hydrogen) atoms. The second kappa shape index (κ2) is 34.9. The van der Waals surface area contributed by atoms with E-state index >= 15 is 0 Å². The van der Waals surface area contributed by atoms with Crippen molar-refractivity contribution in [2.75, 3.05) is 46.9 Å². The smallest absolute Gasteiger partial charge is 1.00 e. The molecule has 1 atom stereocenters. The number of ether oxygens (including phenoxy) is 4. The van der Waals surface area contributed by atoms with Crippen molar-refractivity contribution >= 4 is 147 Å². The van der Waals surface area contributed by atoms with Crippen molar-refractivity contribution in [3.8, 4) is 0 Å². The van der Waals surface area contributed by atoms with Crippen LogP contribution in [0.4, 0.5) is 58.9 Å². The van der Waals surface area contributed by atoms with Crippen LogP contribution in [0, 0.1) is 6.42 Å². The standard InChI is InChI=1S/C25H25Cl2F3N4O6S.C14H10BrCl2F3N2O3S.C11H14N2O3.C3H7.ClH.Mg/c1-24(2,3)40-23(36)33-22-16(6-5-9-31-22)21(35)20-19(10-14(26)12-32-20)34(13-39-4)41(37,38)15-7-8-18(27)17(11-15)25(28,29)30;1-25-7-22(12-4-8(16)6-21-13(12)15)26(23,24)9-2-3-11(17)10(5-9)14(18,19)20;1-11(2,3)16-10(15)13-9-8(7-14)5-4-6-12-9;1-3-2;;/h5-12,21,35H,13H2,1-4H3,(H,31,33,36);2-6H,7H2,1H3;4-7H,1-3H3,(H,12,13,15);3H,1-2H3;1H;/q;;;-1;;+2/p-1. The Hall–Kier alpha value is -5.09. The van der Waals surface area contributed by atoms with Crippen molar-refractivity contribution in [2.45, 2.75) is 94.8 Å². The van der Waals surface area contributed by atoms with E-state index in [1.54, 1.807) is 53.7 Å². The molecule has 478 valence electrons. The zero-order valence-corrected chi connectivity index (χ0v) is 56.5. The Bertz CT molecular complexity index is 3560. The Balaban J connectivity index is 0.000000702. The number of hydrogen-bond donors (Lipinski definition) is 3. The van der Waals surface area contributed by atoms with E-state index in [9.17, 15) is 62.7 Å². The molecular formula is C53H56BrCl5F6MgN8O12S2. The number of nitrogens with one attached hydrogen (secondary N) is 2. The molecule has 1 unspecified atom stereocenters. The molecule has 0 fully saturated rings. The van der Waals surface area contributed by atoms with Gasteiger partial charge in [-0.25, -0.2) is 50.0 Å². The second-order valence-corrected chi connectivity index (χ2v) is 25.2. The van der Waals surface area contributed by atoms with Crippen LogP contribution >= 0.6 is 62.3 Å². The van der Waals surface area contributed by atoms with Gasteiger partial charge >= 0.3 is 47.6 Å². The fourth-order valence-corrected chi connectivity index (χ4v) is 10.7. The minimum absolute atomic E-state index is 0. The van der Waals surface area contributed by atoms with Crippen LogP contribution in [-0.4, -0.2) is 122 Å². The first kappa shape index (κ1) is 80.9. The number of aldehydes is 1. The Labute approximate surface area is 555 Å². The molecule has 0 aliphatic rings. The van der Waals surface area contributed by atoms with E-state index in [1.807, 2.05) is 20.3 Å². The van der Waals surface area contributed by atoms with Crippen molar-refractivity contribution in [3.63, 3.8) is 0 Å². The number of amides is 2. The third kappa shape index (κ3) is 23.9. The number of aliphatic hydroxyl groups excluding tert-OH is 1. The maximum Gasteiger partial charge on any atom is 2.00 e. The zero-order chi connectivity index (χ0) is 65.3. The van der Waals surface area contributed by atoms with Crippen LogP contribution in [0.2, 0.25) is 20.1 Å². The molecule has 0 bridgehead atoms. The summed E-state index contributed by atoms with van der Waals surface area (Å²) >= 11 is 26.3. The summed E-state index contributed by atoms with van der Waals surface area (Å²) in [6, 6.07) is 12.8. The molecule has 0 radical (unpaired) electrons. The van der Waals surface area contributed by atoms with E-state index < -0.39 is 106 Å². The maximum absolute atomic E-state index is 13.7. The summed E-state index contributed by atoms with van der Waals surface area (Å²) in [5.74, 6) is 0.0809. The number of carbonyl (C=O) groups is 3. The van der Waals surface area contributed by atoms with Crippen molar-refractivity contribution in [1.29, 1.82) is 0 Å². The number of alkyl halides is 6. The first-order valence-electron chi connectivity index (χ1n) is 24.3. The Morgan fingerprint density at radius 2 is 1.07 bits per heavy atom. The maximum atomic E-state index is 13.7. The Morgan fingerprint density at radius 1 is 0.670 bits per heavy atom. The van der Waals surface area contributed by atoms with Gasteiger partial charge in [0.1, 0.15) is 47.0 Å². The number of methoxy groups -OCH3 is 2. The van der Waals surface area contributed by atoms with Crippen LogP contribution in [0.3, 0.4) is 0 Å². The molecule has 0 saturated heterocycles. The first-order valence-corrected chi connectivity index (χ1v) is 29.5. The van der Waals surface area contributed by atoms with Gasteiger partial charge in [0.25, 0.3) is 20.0 Å². The molecule has 0 aliphatic heterocycles. The third-order valence-electron chi connectivity index (χ3n) is 9.94. The zero-order valence-electron chi connectivity index (χ0n) is 48.1. The molecule has 20 nitrogen and oxygen atoms in total. The summed E-state index contributed by atoms with van der Waals surface area (Å²) in [7, 11) is -6.83. The van der Waals surface area contributed by atoms with Gasteiger partial charge in [0.05, 0.1) is 63.6 Å². The van der Waals surface area contributed by atoms with Crippen LogP contribution in [0.25, 0.3) is 0 Å². The number of hydrogen-bond acceptors (Lipinski definition) is 16. The van der Waals surface area contributed by atoms with Crippen molar-refractivity contribution < 1.29 is 94.0 Å². The molecule has 35 heteroatoms. The fourth-order valence-electron chi connectivity index (χ4n) is 6.53. The van der Waals surface area contributed by atoms with Crippen molar-refractivity contribution in [1.82, 2.24) is 19.9 Å². The number of aliphatic hydroxyl groups is 1. The van der Waals surface area contributed by atoms with Gasteiger partial charge in [-0.2, -0.15) is 40.2 Å². The van der Waals surface area contributed by atoms with E-state index in [0.29, 0.717) is 28.3 Å². The molecule has 6 aromatic rings. The van der Waals surface area contributed by atoms with Gasteiger partial charge < -0.3 is 42.9 Å². The van der Waals surface area contributed by atoms with Crippen LogP contribution in [0.1, 0.15) is 94.2 Å². The second-order valence-electron chi connectivity index (χ2n) is 19.1. The number of pyridine rings is 4. The topological polar surface area (TPSA) is 259 Å². The molecule has 0 aliphatic carbocycles. The predicted molar refractivity (Wildman–Crippen MR) is 321 cm³/mol. The molecule has 0 spiro atoms. The van der Waals surface area contributed by atoms with Crippen LogP contribution in [0.15, 0.2) is 112 Å². The number of rotatable bonds is 15. The number of anilines is 4. The molecular weight excluding hydrogens is 1400 g/mol. The summed E-state index contributed by atoms with van der Waals surface area (Å²) in [5.41, 5.74) is -4.35. The van der Waals surface area contributed by atoms with E-state index in [-0.39, 0.29) is 84.4 Å². The fraction of sp³-hybridized carbons (Fsp3) is 0.321. The van der Waals surface area contributed by atoms with Crippen LogP contribution in [0.5, 0.6) is 0 Å². The number of benzene rings is 2. The monoisotopic (exact) mass is 1450 g/mol. The predicted octanol–water partition coefficient (Wildman–Crippen LogP) is 11.1. The van der Waals surface area contributed by atoms with Gasteiger partial charge in [0.15, 0.2) is 6.29 Å². The van der Waals surface area contributed by atoms with Crippen LogP contribution in [-0.2, 0) is 51.3 Å². The van der Waals surface area contributed by atoms with E-state index in [1.165, 1.54) is 43.9 Å². The molecule has 6 rings (SSSR count). The Kier molecular flexibility index (Phi) is 32.1. The third-order valence-corrected chi connectivity index (χ3v) is 15.1. The van der Waals surface area contributed by atoms with E-state index in [0.717, 1.165) is 47.9 Å². The average Bonchev–Trinajstić information content (AvgIpc) is 3.01. The molecule has 2 aromatic carbocycles. The summed E-state index contributed by atoms with van der Waals surface area (Å²) in [4.78, 5) is 49.0. The van der Waals surface area contributed by atoms with Gasteiger partial charge in [-0.05, 0) is 124 Å². The molecule has 2 amide bonds. The molecule has 3 N–H and O–H groups in total. The van der Waals surface area contributed by atoms with Crippen molar-refractivity contribution in [3.05, 3.63) is 157 Å². The van der Waals surface area contributed by atoms with Gasteiger partial charge in [0.2, 0.25) is 0 Å². The van der Waals surface area contributed by atoms with Gasteiger partial charge in [-0.3, -0.25) is 20.4 Å². The molecule has 4 heterocycles. The molecule has 0 saturated carbocycles. The van der Waals surface area contributed by atoms with Gasteiger partial charge in [-0.15, -0.1) is 0 Å². The number of nitrogens with zero attached hydrogens (tertiary/aromatic N) is 6. The van der Waals surface area contributed by atoms with Gasteiger partial charge in [-0.1, -0.05) is 52.5 Å². The summed E-state index contributed by atoms with van der Waals surface area (Å²) < 4.78 is 154. The average molecular weight is 1460 g/mol. The number of carbonyl (C=O) groups excluding carboxylic acids is 3. The summed E-state index contributed by atoms with van der Waals surface area (Å²) in [6.45, 7) is 13.0. The SMILES string of the molecule is CC(C)(C)OC(=O)Nc1ncccc1C=O.COCN(c1cc(Cl)cnc1Br)S(=O)(=O)c1ccc(Cl)c(C(F)(F)F)c1.COCN(c1cc(Cl)cnc1C(O)c1cccnc1NC(=O)OC(C)(C)C)S(=O)(=O)c1ccc(Cl)c(C(F)(F)F)c1.C[CH-]C.[Cl-].[Mg+2]. The normalized spacial score (nSPS) is 11.8. The first-order chi connectivity index (χ1) is 39.8. The Morgan fingerprint density at radius 3 is 1.49 bits per heavy atom. The minimum Gasteiger partial charge on any atom is -1.00 e. The number of sulfonamides is 2. The summed E-state index contributed by atoms with van der Waals surface area (Å²) in [5, 5.41) is 15.0. The quantitative estimate of drug-likeness (QED) is 0.0216. The van der Waals surface area contributed by atoms with E-state index in [2.05, 4.69) is 46.5 Å². The van der Waals surface area contributed by atoms with Crippen molar-refractivity contribution in [2.24, 2.45) is 0 Å². The van der Waals surface area contributed by atoms with E-state index in [4.69, 9.17) is 65.4 Å². The summed E-state index contributed by atoms with van der Waals surface area (Å²) in [6.07, 6.45) is -5.13. The number of halogens is 12. The largest absolute Gasteiger partial charge is 2.00 e. The molecule has 4 aromatic heterocycles. The van der Waals surface area contributed by atoms with Gasteiger partial charge in [0, 0.05) is 44.6 Å². The van der Waals surface area contributed by atoms with Crippen LogP contribution < -0.4 is 31.7 Å².